The first-order valence-electron chi connectivity index (χ1n) is 6.13. The molecule has 1 aliphatic rings. The zero-order chi connectivity index (χ0) is 13.8. The largest absolute Gasteiger partial charge is 0.415 e. The molecule has 0 aliphatic carbocycles. The lowest BCUT2D eigenvalue weighted by atomic mass is 9.99. The molecular formula is C11H23FN2O3Si. The van der Waals surface area contributed by atoms with Gasteiger partial charge in [0.05, 0.1) is 12.9 Å². The molecule has 0 amide bonds. The average molecular weight is 278 g/mol. The van der Waals surface area contributed by atoms with Crippen LogP contribution >= 0.6 is 0 Å². The van der Waals surface area contributed by atoms with Crippen LogP contribution in [0.3, 0.4) is 0 Å². The Kier molecular flexibility index (Phi) is 5.70. The number of hydrogen-bond donors (Lipinski definition) is 2. The molecule has 1 heterocycles. The van der Waals surface area contributed by atoms with Gasteiger partial charge in [0.25, 0.3) is 0 Å². The van der Waals surface area contributed by atoms with Gasteiger partial charge >= 0.3 is 0 Å². The first-order chi connectivity index (χ1) is 8.43. The van der Waals surface area contributed by atoms with E-state index in [-0.39, 0.29) is 6.61 Å². The van der Waals surface area contributed by atoms with Crippen molar-refractivity contribution in [2.75, 3.05) is 13.7 Å². The van der Waals surface area contributed by atoms with Gasteiger partial charge in [-0.05, 0) is 12.5 Å². The molecule has 0 unspecified atom stereocenters. The molecule has 7 heteroatoms. The monoisotopic (exact) mass is 278 g/mol. The molecule has 1 rings (SSSR count). The fourth-order valence-corrected chi connectivity index (χ4v) is 3.16. The maximum Gasteiger partial charge on any atom is 0.179 e. The predicted octanol–water partition coefficient (Wildman–Crippen LogP) is 0.580. The van der Waals surface area contributed by atoms with Crippen LogP contribution in [-0.4, -0.2) is 53.9 Å². The highest BCUT2D eigenvalue weighted by atomic mass is 28.2. The third-order valence-electron chi connectivity index (χ3n) is 2.89. The second-order valence-electron chi connectivity index (χ2n) is 5.12. The molecule has 5 nitrogen and oxygen atoms in total. The minimum atomic E-state index is -1.66. The predicted molar refractivity (Wildman–Crippen MR) is 70.5 cm³/mol. The lowest BCUT2D eigenvalue weighted by Crippen LogP contribution is -2.49. The second kappa shape index (κ2) is 6.60. The van der Waals surface area contributed by atoms with E-state index in [9.17, 15) is 4.39 Å². The minimum absolute atomic E-state index is 0.285. The highest BCUT2D eigenvalue weighted by Gasteiger charge is 2.55. The molecule has 2 N–H and O–H groups in total. The Balaban J connectivity index is 2.75. The standard InChI is InChI=1S/C11H23FN2O3Si/c1-7(2)18-17-9-8(5-15-4)16-10(14-6-13)11(9,3)12/h6-10H,5,18H2,1-4H3,(H2,13,14)/t8-,9-,10-,11-/m1/s1. The van der Waals surface area contributed by atoms with Gasteiger partial charge in [0, 0.05) is 7.11 Å². The van der Waals surface area contributed by atoms with Gasteiger partial charge in [-0.1, -0.05) is 13.8 Å². The Morgan fingerprint density at radius 3 is 2.78 bits per heavy atom. The zero-order valence-electron chi connectivity index (χ0n) is 11.4. The fraction of sp³-hybridized carbons (Fsp3) is 0.909. The van der Waals surface area contributed by atoms with Gasteiger partial charge < -0.3 is 19.2 Å². The molecule has 0 bridgehead atoms. The van der Waals surface area contributed by atoms with Crippen LogP contribution < -0.4 is 5.32 Å². The molecule has 1 fully saturated rings. The van der Waals surface area contributed by atoms with Crippen molar-refractivity contribution in [1.82, 2.24) is 5.32 Å². The zero-order valence-corrected chi connectivity index (χ0v) is 12.8. The Labute approximate surface area is 110 Å². The molecule has 106 valence electrons. The van der Waals surface area contributed by atoms with Crippen LogP contribution in [0.5, 0.6) is 0 Å². The summed E-state index contributed by atoms with van der Waals surface area (Å²) in [6.45, 7) is 5.86. The van der Waals surface area contributed by atoms with E-state index in [2.05, 4.69) is 19.2 Å². The van der Waals surface area contributed by atoms with Gasteiger partial charge in [-0.3, -0.25) is 5.41 Å². The van der Waals surface area contributed by atoms with Crippen LogP contribution in [0, 0.1) is 5.41 Å². The molecule has 18 heavy (non-hydrogen) atoms. The van der Waals surface area contributed by atoms with Crippen molar-refractivity contribution in [2.45, 2.75) is 50.4 Å². The Hall–Kier alpha value is -0.503. The molecule has 0 aromatic rings. The van der Waals surface area contributed by atoms with Gasteiger partial charge in [-0.2, -0.15) is 0 Å². The number of halogens is 1. The first-order valence-corrected chi connectivity index (χ1v) is 7.52. The van der Waals surface area contributed by atoms with Crippen molar-refractivity contribution in [3.05, 3.63) is 0 Å². The van der Waals surface area contributed by atoms with E-state index in [1.807, 2.05) is 0 Å². The summed E-state index contributed by atoms with van der Waals surface area (Å²) in [6.07, 6.45) is -0.992. The Morgan fingerprint density at radius 1 is 1.61 bits per heavy atom. The average Bonchev–Trinajstić information content (AvgIpc) is 2.49. The first kappa shape index (κ1) is 15.6. The number of ether oxygens (including phenoxy) is 2. The molecular weight excluding hydrogens is 255 g/mol. The number of alkyl halides is 1. The normalized spacial score (nSPS) is 36.7. The van der Waals surface area contributed by atoms with Crippen LogP contribution in [0.2, 0.25) is 5.54 Å². The van der Waals surface area contributed by atoms with Crippen LogP contribution in [0.1, 0.15) is 20.8 Å². The van der Waals surface area contributed by atoms with Crippen LogP contribution in [-0.2, 0) is 13.9 Å². The summed E-state index contributed by atoms with van der Waals surface area (Å²) >= 11 is 0. The van der Waals surface area contributed by atoms with Crippen molar-refractivity contribution in [3.8, 4) is 0 Å². The van der Waals surface area contributed by atoms with E-state index in [0.29, 0.717) is 5.54 Å². The molecule has 0 aromatic heterocycles. The summed E-state index contributed by atoms with van der Waals surface area (Å²) in [5, 5.41) is 9.57. The molecule has 1 aliphatic heterocycles. The third kappa shape index (κ3) is 3.50. The van der Waals surface area contributed by atoms with Gasteiger partial charge in [-0.25, -0.2) is 4.39 Å². The van der Waals surface area contributed by atoms with Gasteiger partial charge in [0.2, 0.25) is 0 Å². The van der Waals surface area contributed by atoms with Gasteiger partial charge in [-0.15, -0.1) is 0 Å². The number of rotatable bonds is 7. The molecule has 0 radical (unpaired) electrons. The number of nitrogens with one attached hydrogen (secondary N) is 2. The van der Waals surface area contributed by atoms with E-state index in [4.69, 9.17) is 19.3 Å². The number of hydrogen-bond acceptors (Lipinski definition) is 4. The van der Waals surface area contributed by atoms with Crippen molar-refractivity contribution >= 4 is 16.1 Å². The minimum Gasteiger partial charge on any atom is -0.415 e. The molecule has 1 saturated heterocycles. The molecule has 0 saturated carbocycles. The maximum atomic E-state index is 14.7. The molecule has 4 atom stereocenters. The lowest BCUT2D eigenvalue weighted by Gasteiger charge is -2.28. The Morgan fingerprint density at radius 2 is 2.28 bits per heavy atom. The smallest absolute Gasteiger partial charge is 0.179 e. The van der Waals surface area contributed by atoms with E-state index < -0.39 is 33.9 Å². The van der Waals surface area contributed by atoms with Crippen molar-refractivity contribution < 1.29 is 18.3 Å². The van der Waals surface area contributed by atoms with E-state index in [1.54, 1.807) is 7.11 Å². The molecule has 0 spiro atoms. The van der Waals surface area contributed by atoms with Crippen molar-refractivity contribution in [2.24, 2.45) is 0 Å². The summed E-state index contributed by atoms with van der Waals surface area (Å²) in [5.74, 6) is 0. The van der Waals surface area contributed by atoms with Crippen LogP contribution in [0.25, 0.3) is 0 Å². The van der Waals surface area contributed by atoms with Gasteiger partial charge in [0.15, 0.2) is 21.7 Å². The summed E-state index contributed by atoms with van der Waals surface area (Å²) in [6, 6.07) is 0. The summed E-state index contributed by atoms with van der Waals surface area (Å²) in [4.78, 5) is 0. The summed E-state index contributed by atoms with van der Waals surface area (Å²) in [5.41, 5.74) is -1.21. The van der Waals surface area contributed by atoms with E-state index >= 15 is 0 Å². The van der Waals surface area contributed by atoms with E-state index in [0.717, 1.165) is 6.34 Å². The van der Waals surface area contributed by atoms with Crippen molar-refractivity contribution in [3.63, 3.8) is 0 Å². The third-order valence-corrected chi connectivity index (χ3v) is 4.11. The lowest BCUT2D eigenvalue weighted by molar-refractivity contribution is -0.0337. The van der Waals surface area contributed by atoms with Crippen LogP contribution in [0.15, 0.2) is 0 Å². The van der Waals surface area contributed by atoms with Gasteiger partial charge in [0.1, 0.15) is 12.2 Å². The summed E-state index contributed by atoms with van der Waals surface area (Å²) < 4.78 is 31.0. The highest BCUT2D eigenvalue weighted by molar-refractivity contribution is 6.29. The summed E-state index contributed by atoms with van der Waals surface area (Å²) in [7, 11) is 0.751. The van der Waals surface area contributed by atoms with Crippen molar-refractivity contribution in [1.29, 1.82) is 5.41 Å². The molecule has 0 aromatic carbocycles. The fourth-order valence-electron chi connectivity index (χ4n) is 2.03. The van der Waals surface area contributed by atoms with Crippen LogP contribution in [0.4, 0.5) is 4.39 Å². The maximum absolute atomic E-state index is 14.7. The number of methoxy groups -OCH3 is 1. The second-order valence-corrected chi connectivity index (χ2v) is 7.42. The quantitative estimate of drug-likeness (QED) is 0.406. The topological polar surface area (TPSA) is 63.6 Å². The van der Waals surface area contributed by atoms with E-state index in [1.165, 1.54) is 6.92 Å². The Bertz CT molecular complexity index is 279. The SMILES string of the molecule is COC[C@H]1O[C@@H](NC=N)[C@](C)(F)[C@@H]1O[SiH2]C(C)C. The highest BCUT2D eigenvalue weighted by Crippen LogP contribution is 2.35.